The Labute approximate surface area is 119 Å². The van der Waals surface area contributed by atoms with Gasteiger partial charge in [0.25, 0.3) is 0 Å². The molecule has 19 heavy (non-hydrogen) atoms. The summed E-state index contributed by atoms with van der Waals surface area (Å²) in [5.74, 6) is 3.70. The predicted molar refractivity (Wildman–Crippen MR) is 81.1 cm³/mol. The minimum Gasteiger partial charge on any atom is -0.383 e. The lowest BCUT2D eigenvalue weighted by atomic mass is 10.2. The van der Waals surface area contributed by atoms with Gasteiger partial charge in [0.2, 0.25) is 0 Å². The standard InChI is InChI=1S/C13H24N4OS/c1-11-12(10-14-4-7-18-3)13(16(2)15-11)17-5-8-19-9-6-17/h14H,4-10H2,1-3H3. The summed E-state index contributed by atoms with van der Waals surface area (Å²) in [5.41, 5.74) is 2.45. The van der Waals surface area contributed by atoms with Crippen LogP contribution in [-0.4, -0.2) is 54.6 Å². The first-order valence-corrected chi connectivity index (χ1v) is 7.94. The zero-order chi connectivity index (χ0) is 13.7. The van der Waals surface area contributed by atoms with Crippen LogP contribution in [0, 0.1) is 6.92 Å². The molecular formula is C13H24N4OS. The average molecular weight is 284 g/mol. The van der Waals surface area contributed by atoms with E-state index in [1.165, 1.54) is 22.9 Å². The minimum atomic E-state index is 0.745. The summed E-state index contributed by atoms with van der Waals surface area (Å²) in [7, 11) is 3.77. The van der Waals surface area contributed by atoms with Crippen molar-refractivity contribution >= 4 is 17.6 Å². The Bertz CT molecular complexity index is 402. The number of hydrogen-bond acceptors (Lipinski definition) is 5. The lowest BCUT2D eigenvalue weighted by Crippen LogP contribution is -2.35. The normalized spacial score (nSPS) is 16.1. The molecule has 1 saturated heterocycles. The van der Waals surface area contributed by atoms with Gasteiger partial charge in [0.1, 0.15) is 5.82 Å². The highest BCUT2D eigenvalue weighted by Crippen LogP contribution is 2.25. The molecule has 0 bridgehead atoms. The predicted octanol–water partition coefficient (Wildman–Crippen LogP) is 1.02. The van der Waals surface area contributed by atoms with Gasteiger partial charge in [-0.3, -0.25) is 4.68 Å². The summed E-state index contributed by atoms with van der Waals surface area (Å²) in [6.45, 7) is 6.82. The van der Waals surface area contributed by atoms with Crippen LogP contribution in [0.2, 0.25) is 0 Å². The van der Waals surface area contributed by atoms with Crippen LogP contribution in [0.4, 0.5) is 5.82 Å². The van der Waals surface area contributed by atoms with Crippen LogP contribution in [0.15, 0.2) is 0 Å². The first-order chi connectivity index (χ1) is 9.24. The molecule has 1 aromatic heterocycles. The van der Waals surface area contributed by atoms with Gasteiger partial charge in [0.15, 0.2) is 0 Å². The molecule has 1 aliphatic rings. The Morgan fingerprint density at radius 1 is 1.37 bits per heavy atom. The zero-order valence-electron chi connectivity index (χ0n) is 12.1. The first-order valence-electron chi connectivity index (χ1n) is 6.79. The largest absolute Gasteiger partial charge is 0.383 e. The number of nitrogens with zero attached hydrogens (tertiary/aromatic N) is 3. The second-order valence-corrected chi connectivity index (χ2v) is 6.00. The highest BCUT2D eigenvalue weighted by atomic mass is 32.2. The van der Waals surface area contributed by atoms with Crippen molar-refractivity contribution in [3.63, 3.8) is 0 Å². The molecule has 0 saturated carbocycles. The van der Waals surface area contributed by atoms with Gasteiger partial charge >= 0.3 is 0 Å². The maximum absolute atomic E-state index is 5.07. The number of thioether (sulfide) groups is 1. The second kappa shape index (κ2) is 7.17. The smallest absolute Gasteiger partial charge is 0.131 e. The summed E-state index contributed by atoms with van der Waals surface area (Å²) in [6.07, 6.45) is 0. The fraction of sp³-hybridized carbons (Fsp3) is 0.769. The zero-order valence-corrected chi connectivity index (χ0v) is 12.9. The molecular weight excluding hydrogens is 260 g/mol. The fourth-order valence-corrected chi connectivity index (χ4v) is 3.36. The maximum atomic E-state index is 5.07. The molecule has 6 heteroatoms. The number of aryl methyl sites for hydroxylation is 2. The van der Waals surface area contributed by atoms with Gasteiger partial charge in [-0.05, 0) is 6.92 Å². The Kier molecular flexibility index (Phi) is 5.54. The fourth-order valence-electron chi connectivity index (χ4n) is 2.46. The van der Waals surface area contributed by atoms with Crippen molar-refractivity contribution < 1.29 is 4.74 Å². The summed E-state index contributed by atoms with van der Waals surface area (Å²) in [4.78, 5) is 2.46. The number of nitrogens with one attached hydrogen (secondary N) is 1. The summed E-state index contributed by atoms with van der Waals surface area (Å²) >= 11 is 2.03. The van der Waals surface area contributed by atoms with E-state index in [-0.39, 0.29) is 0 Å². The van der Waals surface area contributed by atoms with Crippen molar-refractivity contribution in [3.05, 3.63) is 11.3 Å². The SMILES string of the molecule is COCCNCc1c(C)nn(C)c1N1CCSCC1. The lowest BCUT2D eigenvalue weighted by molar-refractivity contribution is 0.199. The number of anilines is 1. The van der Waals surface area contributed by atoms with Gasteiger partial charge in [-0.25, -0.2) is 0 Å². The van der Waals surface area contributed by atoms with Crippen LogP contribution in [-0.2, 0) is 18.3 Å². The number of ether oxygens (including phenoxy) is 1. The van der Waals surface area contributed by atoms with E-state index < -0.39 is 0 Å². The van der Waals surface area contributed by atoms with Crippen LogP contribution in [0.1, 0.15) is 11.3 Å². The third-order valence-corrected chi connectivity index (χ3v) is 4.35. The highest BCUT2D eigenvalue weighted by Gasteiger charge is 2.20. The van der Waals surface area contributed by atoms with Crippen LogP contribution in [0.25, 0.3) is 0 Å². The van der Waals surface area contributed by atoms with E-state index in [1.807, 2.05) is 23.5 Å². The van der Waals surface area contributed by atoms with E-state index in [4.69, 9.17) is 4.74 Å². The molecule has 0 radical (unpaired) electrons. The molecule has 0 atom stereocenters. The van der Waals surface area contributed by atoms with Crippen LogP contribution < -0.4 is 10.2 Å². The van der Waals surface area contributed by atoms with Gasteiger partial charge < -0.3 is 15.0 Å². The molecule has 5 nitrogen and oxygen atoms in total. The molecule has 2 rings (SSSR count). The number of hydrogen-bond donors (Lipinski definition) is 1. The average Bonchev–Trinajstić information content (AvgIpc) is 2.70. The van der Waals surface area contributed by atoms with Gasteiger partial charge in [0.05, 0.1) is 12.3 Å². The van der Waals surface area contributed by atoms with Crippen molar-refractivity contribution in [2.45, 2.75) is 13.5 Å². The molecule has 0 amide bonds. The number of aromatic nitrogens is 2. The minimum absolute atomic E-state index is 0.745. The molecule has 0 aromatic carbocycles. The third kappa shape index (κ3) is 3.64. The van der Waals surface area contributed by atoms with Gasteiger partial charge in [-0.15, -0.1) is 0 Å². The Hall–Kier alpha value is -0.720. The summed E-state index contributed by atoms with van der Waals surface area (Å²) < 4.78 is 7.09. The number of methoxy groups -OCH3 is 1. The molecule has 1 N–H and O–H groups in total. The van der Waals surface area contributed by atoms with Crippen molar-refractivity contribution in [1.29, 1.82) is 0 Å². The van der Waals surface area contributed by atoms with Gasteiger partial charge in [-0.1, -0.05) is 0 Å². The Balaban J connectivity index is 2.07. The first kappa shape index (κ1) is 14.7. The van der Waals surface area contributed by atoms with E-state index in [1.54, 1.807) is 7.11 Å². The molecule has 0 spiro atoms. The van der Waals surface area contributed by atoms with Gasteiger partial charge in [0, 0.05) is 57.4 Å². The van der Waals surface area contributed by atoms with Crippen molar-refractivity contribution in [1.82, 2.24) is 15.1 Å². The monoisotopic (exact) mass is 284 g/mol. The molecule has 2 heterocycles. The van der Waals surface area contributed by atoms with E-state index in [9.17, 15) is 0 Å². The lowest BCUT2D eigenvalue weighted by Gasteiger charge is -2.29. The van der Waals surface area contributed by atoms with Crippen LogP contribution in [0.3, 0.4) is 0 Å². The quantitative estimate of drug-likeness (QED) is 0.790. The van der Waals surface area contributed by atoms with Gasteiger partial charge in [-0.2, -0.15) is 16.9 Å². The molecule has 1 aromatic rings. The van der Waals surface area contributed by atoms with Crippen molar-refractivity contribution in [3.8, 4) is 0 Å². The van der Waals surface area contributed by atoms with E-state index >= 15 is 0 Å². The number of rotatable bonds is 6. The van der Waals surface area contributed by atoms with Crippen LogP contribution >= 0.6 is 11.8 Å². The summed E-state index contributed by atoms with van der Waals surface area (Å²) in [6, 6.07) is 0. The van der Waals surface area contributed by atoms with E-state index in [2.05, 4.69) is 22.2 Å². The molecule has 108 valence electrons. The Morgan fingerprint density at radius 3 is 2.79 bits per heavy atom. The second-order valence-electron chi connectivity index (χ2n) is 4.78. The molecule has 0 aliphatic carbocycles. The van der Waals surface area contributed by atoms with Crippen LogP contribution in [0.5, 0.6) is 0 Å². The molecule has 1 fully saturated rings. The van der Waals surface area contributed by atoms with Crippen molar-refractivity contribution in [2.24, 2.45) is 7.05 Å². The molecule has 1 aliphatic heterocycles. The topological polar surface area (TPSA) is 42.3 Å². The van der Waals surface area contributed by atoms with E-state index in [0.29, 0.717) is 0 Å². The van der Waals surface area contributed by atoms with E-state index in [0.717, 1.165) is 38.5 Å². The third-order valence-electron chi connectivity index (χ3n) is 3.41. The highest BCUT2D eigenvalue weighted by molar-refractivity contribution is 7.99. The van der Waals surface area contributed by atoms with Crippen molar-refractivity contribution in [2.75, 3.05) is 49.8 Å². The summed E-state index contributed by atoms with van der Waals surface area (Å²) in [5, 5.41) is 8.01. The Morgan fingerprint density at radius 2 is 2.11 bits per heavy atom. The maximum Gasteiger partial charge on any atom is 0.131 e. The molecule has 0 unspecified atom stereocenters.